The van der Waals surface area contributed by atoms with Crippen LogP contribution < -0.4 is 10.1 Å². The van der Waals surface area contributed by atoms with E-state index in [-0.39, 0.29) is 23.6 Å². The summed E-state index contributed by atoms with van der Waals surface area (Å²) < 4.78 is 18.0. The van der Waals surface area contributed by atoms with Gasteiger partial charge in [-0.2, -0.15) is 0 Å². The zero-order valence-electron chi connectivity index (χ0n) is 10.5. The Morgan fingerprint density at radius 2 is 2.11 bits per heavy atom. The van der Waals surface area contributed by atoms with Gasteiger partial charge in [-0.15, -0.1) is 0 Å². The molecule has 100 valence electrons. The number of carbonyl (C=O) groups is 1. The van der Waals surface area contributed by atoms with E-state index in [2.05, 4.69) is 5.32 Å². The van der Waals surface area contributed by atoms with Crippen molar-refractivity contribution in [2.75, 3.05) is 6.61 Å². The van der Waals surface area contributed by atoms with E-state index in [0.29, 0.717) is 5.75 Å². The maximum Gasteiger partial charge on any atom is 0.258 e. The van der Waals surface area contributed by atoms with Crippen molar-refractivity contribution in [2.45, 2.75) is 32.7 Å². The van der Waals surface area contributed by atoms with Crippen molar-refractivity contribution >= 4 is 17.5 Å². The molecule has 3 nitrogen and oxygen atoms in total. The summed E-state index contributed by atoms with van der Waals surface area (Å²) >= 11 is 5.78. The number of nitrogens with one attached hydrogen (secondary N) is 1. The van der Waals surface area contributed by atoms with E-state index < -0.39 is 5.82 Å². The quantitative estimate of drug-likeness (QED) is 0.865. The van der Waals surface area contributed by atoms with Gasteiger partial charge < -0.3 is 10.1 Å². The molecule has 0 aliphatic heterocycles. The van der Waals surface area contributed by atoms with E-state index in [9.17, 15) is 9.18 Å². The van der Waals surface area contributed by atoms with Gasteiger partial charge in [0.05, 0.1) is 5.02 Å². The molecular formula is C13H17ClFNO2. The summed E-state index contributed by atoms with van der Waals surface area (Å²) in [6, 6.07) is 3.95. The standard InChI is InChI=1S/C13H17ClFNO2/c1-3-10(4-2)16-13(17)8-18-12-6-5-9(15)7-11(12)14/h5-7,10H,3-4,8H2,1-2H3,(H,16,17). The van der Waals surface area contributed by atoms with Gasteiger partial charge in [-0.3, -0.25) is 4.79 Å². The molecule has 0 spiro atoms. The zero-order valence-corrected chi connectivity index (χ0v) is 11.3. The monoisotopic (exact) mass is 273 g/mol. The molecular weight excluding hydrogens is 257 g/mol. The second-order valence-electron chi connectivity index (χ2n) is 3.94. The minimum absolute atomic E-state index is 0.123. The third-order valence-electron chi connectivity index (χ3n) is 2.60. The zero-order chi connectivity index (χ0) is 13.5. The maximum atomic E-state index is 12.8. The molecule has 1 N–H and O–H groups in total. The summed E-state index contributed by atoms with van der Waals surface area (Å²) in [6.07, 6.45) is 1.75. The van der Waals surface area contributed by atoms with Crippen molar-refractivity contribution in [2.24, 2.45) is 0 Å². The van der Waals surface area contributed by atoms with Gasteiger partial charge in [0.2, 0.25) is 0 Å². The Labute approximate surface area is 111 Å². The van der Waals surface area contributed by atoms with Crippen LogP contribution in [0, 0.1) is 5.82 Å². The van der Waals surface area contributed by atoms with E-state index in [1.807, 2.05) is 13.8 Å². The van der Waals surface area contributed by atoms with E-state index in [1.165, 1.54) is 12.1 Å². The highest BCUT2D eigenvalue weighted by molar-refractivity contribution is 6.32. The molecule has 1 rings (SSSR count). The summed E-state index contributed by atoms with van der Waals surface area (Å²) in [7, 11) is 0. The van der Waals surface area contributed by atoms with Crippen molar-refractivity contribution in [3.8, 4) is 5.75 Å². The third-order valence-corrected chi connectivity index (χ3v) is 2.90. The van der Waals surface area contributed by atoms with Gasteiger partial charge in [-0.25, -0.2) is 4.39 Å². The molecule has 0 aromatic heterocycles. The minimum atomic E-state index is -0.436. The van der Waals surface area contributed by atoms with E-state index in [1.54, 1.807) is 0 Å². The van der Waals surface area contributed by atoms with Crippen molar-refractivity contribution in [3.05, 3.63) is 29.0 Å². The summed E-state index contributed by atoms with van der Waals surface area (Å²) in [5.41, 5.74) is 0. The molecule has 0 saturated heterocycles. The Bertz CT molecular complexity index is 408. The number of ether oxygens (including phenoxy) is 1. The fourth-order valence-electron chi connectivity index (χ4n) is 1.50. The third kappa shape index (κ3) is 4.53. The van der Waals surface area contributed by atoms with Crippen LogP contribution in [0.2, 0.25) is 5.02 Å². The SMILES string of the molecule is CCC(CC)NC(=O)COc1ccc(F)cc1Cl. The number of halogens is 2. The van der Waals surface area contributed by atoms with E-state index in [4.69, 9.17) is 16.3 Å². The number of hydrogen-bond donors (Lipinski definition) is 1. The van der Waals surface area contributed by atoms with Crippen molar-refractivity contribution in [3.63, 3.8) is 0 Å². The van der Waals surface area contributed by atoms with E-state index in [0.717, 1.165) is 18.9 Å². The molecule has 0 bridgehead atoms. The van der Waals surface area contributed by atoms with Gasteiger partial charge in [-0.05, 0) is 31.0 Å². The fraction of sp³-hybridized carbons (Fsp3) is 0.462. The molecule has 1 aromatic carbocycles. The van der Waals surface area contributed by atoms with Crippen LogP contribution in [0.5, 0.6) is 5.75 Å². The smallest absolute Gasteiger partial charge is 0.258 e. The van der Waals surface area contributed by atoms with Gasteiger partial charge >= 0.3 is 0 Å². The molecule has 1 aromatic rings. The topological polar surface area (TPSA) is 38.3 Å². The van der Waals surface area contributed by atoms with Crippen molar-refractivity contribution in [1.29, 1.82) is 0 Å². The summed E-state index contributed by atoms with van der Waals surface area (Å²) in [4.78, 5) is 11.6. The predicted molar refractivity (Wildman–Crippen MR) is 69.4 cm³/mol. The van der Waals surface area contributed by atoms with Crippen LogP contribution in [0.1, 0.15) is 26.7 Å². The highest BCUT2D eigenvalue weighted by atomic mass is 35.5. The number of hydrogen-bond acceptors (Lipinski definition) is 2. The van der Waals surface area contributed by atoms with Crippen molar-refractivity contribution < 1.29 is 13.9 Å². The predicted octanol–water partition coefficient (Wildman–Crippen LogP) is 3.16. The number of rotatable bonds is 6. The lowest BCUT2D eigenvalue weighted by Crippen LogP contribution is -2.37. The highest BCUT2D eigenvalue weighted by Gasteiger charge is 2.10. The second kappa shape index (κ2) is 7.21. The Hall–Kier alpha value is -1.29. The lowest BCUT2D eigenvalue weighted by molar-refractivity contribution is -0.123. The lowest BCUT2D eigenvalue weighted by Gasteiger charge is -2.15. The molecule has 0 aliphatic carbocycles. The first-order valence-corrected chi connectivity index (χ1v) is 6.31. The minimum Gasteiger partial charge on any atom is -0.482 e. The maximum absolute atomic E-state index is 12.8. The highest BCUT2D eigenvalue weighted by Crippen LogP contribution is 2.24. The number of carbonyl (C=O) groups excluding carboxylic acids is 1. The van der Waals surface area contributed by atoms with Crippen LogP contribution >= 0.6 is 11.6 Å². The van der Waals surface area contributed by atoms with Gasteiger partial charge in [0.15, 0.2) is 6.61 Å². The molecule has 0 heterocycles. The van der Waals surface area contributed by atoms with Crippen LogP contribution in [-0.2, 0) is 4.79 Å². The van der Waals surface area contributed by atoms with Crippen molar-refractivity contribution in [1.82, 2.24) is 5.32 Å². The summed E-state index contributed by atoms with van der Waals surface area (Å²) in [5, 5.41) is 2.99. The fourth-order valence-corrected chi connectivity index (χ4v) is 1.72. The van der Waals surface area contributed by atoms with Crippen LogP contribution in [0.25, 0.3) is 0 Å². The van der Waals surface area contributed by atoms with Crippen LogP contribution in [-0.4, -0.2) is 18.6 Å². The second-order valence-corrected chi connectivity index (χ2v) is 4.35. The molecule has 0 saturated carbocycles. The number of amides is 1. The number of benzene rings is 1. The van der Waals surface area contributed by atoms with Crippen LogP contribution in [0.4, 0.5) is 4.39 Å². The van der Waals surface area contributed by atoms with Crippen LogP contribution in [0.3, 0.4) is 0 Å². The van der Waals surface area contributed by atoms with Gasteiger partial charge in [0.1, 0.15) is 11.6 Å². The van der Waals surface area contributed by atoms with Gasteiger partial charge in [0, 0.05) is 6.04 Å². The van der Waals surface area contributed by atoms with Gasteiger partial charge in [-0.1, -0.05) is 25.4 Å². The van der Waals surface area contributed by atoms with Gasteiger partial charge in [0.25, 0.3) is 5.91 Å². The average molecular weight is 274 g/mol. The molecule has 0 radical (unpaired) electrons. The molecule has 1 amide bonds. The first-order valence-electron chi connectivity index (χ1n) is 5.94. The summed E-state index contributed by atoms with van der Waals surface area (Å²) in [6.45, 7) is 3.89. The molecule has 0 atom stereocenters. The first-order chi connectivity index (χ1) is 8.56. The Morgan fingerprint density at radius 3 is 2.67 bits per heavy atom. The molecule has 0 unspecified atom stereocenters. The Kier molecular flexibility index (Phi) is 5.92. The Balaban J connectivity index is 2.47. The largest absolute Gasteiger partial charge is 0.482 e. The van der Waals surface area contributed by atoms with Crippen LogP contribution in [0.15, 0.2) is 18.2 Å². The molecule has 0 fully saturated rings. The lowest BCUT2D eigenvalue weighted by atomic mass is 10.2. The molecule has 0 aliphatic rings. The summed E-state index contributed by atoms with van der Waals surface area (Å²) in [5.74, 6) is -0.337. The normalized spacial score (nSPS) is 10.5. The molecule has 18 heavy (non-hydrogen) atoms. The first kappa shape index (κ1) is 14.8. The Morgan fingerprint density at radius 1 is 1.44 bits per heavy atom. The van der Waals surface area contributed by atoms with E-state index >= 15 is 0 Å². The average Bonchev–Trinajstić information content (AvgIpc) is 2.35. The molecule has 5 heteroatoms.